The molecule has 1 aliphatic rings. The Morgan fingerprint density at radius 1 is 1.25 bits per heavy atom. The van der Waals surface area contributed by atoms with Gasteiger partial charge in [0.25, 0.3) is 0 Å². The number of aliphatic imine (C=N–C) groups is 1. The highest BCUT2D eigenvalue weighted by Gasteiger charge is 2.21. The molecule has 3 rings (SSSR count). The van der Waals surface area contributed by atoms with Crippen LogP contribution < -0.4 is 4.74 Å². The van der Waals surface area contributed by atoms with Gasteiger partial charge in [-0.1, -0.05) is 12.1 Å². The molecule has 0 saturated carbocycles. The summed E-state index contributed by atoms with van der Waals surface area (Å²) in [4.78, 5) is 18.8. The quantitative estimate of drug-likeness (QED) is 0.773. The lowest BCUT2D eigenvalue weighted by Crippen LogP contribution is -2.24. The summed E-state index contributed by atoms with van der Waals surface area (Å²) in [5.41, 5.74) is 1.75. The molecule has 0 N–H and O–H groups in total. The van der Waals surface area contributed by atoms with E-state index in [-0.39, 0.29) is 5.97 Å². The van der Waals surface area contributed by atoms with E-state index in [1.165, 1.54) is 24.0 Å². The molecule has 126 valence electrons. The molecule has 1 aliphatic heterocycles. The molecule has 1 aromatic carbocycles. The minimum Gasteiger partial charge on any atom is -0.497 e. The SMILES string of the molecule is COC(=O)c1ccsc1N=C1CCCN1Cc1ccc(OC)cc1. The molecule has 0 spiro atoms. The molecular formula is C18H20N2O3S. The van der Waals surface area contributed by atoms with E-state index in [2.05, 4.69) is 17.0 Å². The molecule has 0 unspecified atom stereocenters. The Labute approximate surface area is 145 Å². The van der Waals surface area contributed by atoms with Crippen LogP contribution in [0.1, 0.15) is 28.8 Å². The summed E-state index contributed by atoms with van der Waals surface area (Å²) in [5, 5.41) is 2.59. The number of hydrogen-bond acceptors (Lipinski definition) is 5. The van der Waals surface area contributed by atoms with Crippen LogP contribution in [0, 0.1) is 0 Å². The summed E-state index contributed by atoms with van der Waals surface area (Å²) < 4.78 is 10.0. The van der Waals surface area contributed by atoms with Gasteiger partial charge < -0.3 is 14.4 Å². The van der Waals surface area contributed by atoms with Gasteiger partial charge in [-0.05, 0) is 35.6 Å². The standard InChI is InChI=1S/C18H20N2O3S/c1-22-14-7-5-13(6-8-14)12-20-10-3-4-16(20)19-17-15(9-11-24-17)18(21)23-2/h5-9,11H,3-4,10,12H2,1-2H3. The van der Waals surface area contributed by atoms with Crippen molar-refractivity contribution in [2.75, 3.05) is 20.8 Å². The van der Waals surface area contributed by atoms with Crippen molar-refractivity contribution in [1.29, 1.82) is 0 Å². The summed E-state index contributed by atoms with van der Waals surface area (Å²) in [5.74, 6) is 1.55. The summed E-state index contributed by atoms with van der Waals surface area (Å²) in [7, 11) is 3.06. The third-order valence-corrected chi connectivity index (χ3v) is 4.81. The van der Waals surface area contributed by atoms with Gasteiger partial charge in [0.1, 0.15) is 16.6 Å². The van der Waals surface area contributed by atoms with Crippen LogP contribution in [0.5, 0.6) is 5.75 Å². The maximum atomic E-state index is 11.8. The van der Waals surface area contributed by atoms with Crippen molar-refractivity contribution in [3.63, 3.8) is 0 Å². The zero-order valence-corrected chi connectivity index (χ0v) is 14.6. The fourth-order valence-electron chi connectivity index (χ4n) is 2.73. The summed E-state index contributed by atoms with van der Waals surface area (Å²) >= 11 is 1.46. The number of methoxy groups -OCH3 is 2. The molecule has 0 amide bonds. The van der Waals surface area contributed by atoms with E-state index in [4.69, 9.17) is 14.5 Å². The second kappa shape index (κ2) is 7.49. The van der Waals surface area contributed by atoms with Crippen molar-refractivity contribution >= 4 is 28.1 Å². The van der Waals surface area contributed by atoms with Crippen LogP contribution in [0.2, 0.25) is 0 Å². The second-order valence-electron chi connectivity index (χ2n) is 5.53. The lowest BCUT2D eigenvalue weighted by Gasteiger charge is -2.19. The van der Waals surface area contributed by atoms with Crippen molar-refractivity contribution in [1.82, 2.24) is 4.90 Å². The Hall–Kier alpha value is -2.34. The first-order chi connectivity index (χ1) is 11.7. The van der Waals surface area contributed by atoms with Crippen LogP contribution in [0.25, 0.3) is 0 Å². The largest absolute Gasteiger partial charge is 0.497 e. The predicted molar refractivity (Wildman–Crippen MR) is 95.4 cm³/mol. The average molecular weight is 344 g/mol. The van der Waals surface area contributed by atoms with Crippen molar-refractivity contribution in [2.24, 2.45) is 4.99 Å². The lowest BCUT2D eigenvalue weighted by molar-refractivity contribution is 0.0602. The second-order valence-corrected chi connectivity index (χ2v) is 6.43. The average Bonchev–Trinajstić information content (AvgIpc) is 3.25. The van der Waals surface area contributed by atoms with Gasteiger partial charge in [-0.25, -0.2) is 9.79 Å². The van der Waals surface area contributed by atoms with E-state index in [9.17, 15) is 4.79 Å². The first-order valence-corrected chi connectivity index (χ1v) is 8.70. The summed E-state index contributed by atoms with van der Waals surface area (Å²) in [6.07, 6.45) is 2.00. The molecular weight excluding hydrogens is 324 g/mol. The van der Waals surface area contributed by atoms with Crippen LogP contribution in [0.4, 0.5) is 5.00 Å². The third kappa shape index (κ3) is 3.59. The number of rotatable bonds is 5. The lowest BCUT2D eigenvalue weighted by atomic mass is 10.2. The van der Waals surface area contributed by atoms with E-state index in [0.29, 0.717) is 5.56 Å². The van der Waals surface area contributed by atoms with Gasteiger partial charge in [0, 0.05) is 19.5 Å². The molecule has 0 aliphatic carbocycles. The van der Waals surface area contributed by atoms with Gasteiger partial charge >= 0.3 is 5.97 Å². The van der Waals surface area contributed by atoms with Gasteiger partial charge in [-0.2, -0.15) is 0 Å². The topological polar surface area (TPSA) is 51.1 Å². The van der Waals surface area contributed by atoms with Gasteiger partial charge in [0.15, 0.2) is 0 Å². The predicted octanol–water partition coefficient (Wildman–Crippen LogP) is 3.87. The first kappa shape index (κ1) is 16.5. The maximum Gasteiger partial charge on any atom is 0.340 e. The molecule has 6 heteroatoms. The van der Waals surface area contributed by atoms with Gasteiger partial charge in [0.2, 0.25) is 0 Å². The number of carbonyl (C=O) groups excluding carboxylic acids is 1. The number of hydrogen-bond donors (Lipinski definition) is 0. The Balaban J connectivity index is 1.77. The maximum absolute atomic E-state index is 11.8. The Morgan fingerprint density at radius 2 is 2.04 bits per heavy atom. The molecule has 0 atom stereocenters. The van der Waals surface area contributed by atoms with E-state index in [1.54, 1.807) is 13.2 Å². The highest BCUT2D eigenvalue weighted by Crippen LogP contribution is 2.29. The molecule has 5 nitrogen and oxygen atoms in total. The first-order valence-electron chi connectivity index (χ1n) is 7.82. The molecule has 2 aromatic rings. The number of benzene rings is 1. The number of carbonyl (C=O) groups is 1. The van der Waals surface area contributed by atoms with Gasteiger partial charge in [-0.15, -0.1) is 11.3 Å². The minimum atomic E-state index is -0.338. The molecule has 1 fully saturated rings. The van der Waals surface area contributed by atoms with E-state index >= 15 is 0 Å². The van der Waals surface area contributed by atoms with Crippen molar-refractivity contribution < 1.29 is 14.3 Å². The fourth-order valence-corrected chi connectivity index (χ4v) is 3.50. The molecule has 2 heterocycles. The number of nitrogens with zero attached hydrogens (tertiary/aromatic N) is 2. The minimum absolute atomic E-state index is 0.338. The summed E-state index contributed by atoms with van der Waals surface area (Å²) in [6, 6.07) is 9.84. The normalized spacial score (nSPS) is 15.8. The Bertz CT molecular complexity index is 737. The number of amidine groups is 1. The third-order valence-electron chi connectivity index (χ3n) is 4.01. The monoisotopic (exact) mass is 344 g/mol. The zero-order chi connectivity index (χ0) is 16.9. The van der Waals surface area contributed by atoms with Crippen molar-refractivity contribution in [3.05, 3.63) is 46.8 Å². The Kier molecular flexibility index (Phi) is 5.15. The van der Waals surface area contributed by atoms with Crippen molar-refractivity contribution in [3.8, 4) is 5.75 Å². The van der Waals surface area contributed by atoms with Crippen LogP contribution >= 0.6 is 11.3 Å². The molecule has 0 radical (unpaired) electrons. The molecule has 1 aromatic heterocycles. The number of likely N-dealkylation sites (tertiary alicyclic amines) is 1. The molecule has 1 saturated heterocycles. The van der Waals surface area contributed by atoms with Crippen LogP contribution in [0.3, 0.4) is 0 Å². The number of esters is 1. The highest BCUT2D eigenvalue weighted by molar-refractivity contribution is 7.14. The number of ether oxygens (including phenoxy) is 2. The Morgan fingerprint density at radius 3 is 2.75 bits per heavy atom. The zero-order valence-electron chi connectivity index (χ0n) is 13.8. The van der Waals surface area contributed by atoms with E-state index in [1.807, 2.05) is 17.5 Å². The van der Waals surface area contributed by atoms with Crippen molar-refractivity contribution in [2.45, 2.75) is 19.4 Å². The van der Waals surface area contributed by atoms with E-state index < -0.39 is 0 Å². The summed E-state index contributed by atoms with van der Waals surface area (Å²) in [6.45, 7) is 1.78. The molecule has 0 bridgehead atoms. The highest BCUT2D eigenvalue weighted by atomic mass is 32.1. The van der Waals surface area contributed by atoms with Crippen LogP contribution in [0.15, 0.2) is 40.7 Å². The molecule has 24 heavy (non-hydrogen) atoms. The van der Waals surface area contributed by atoms with Gasteiger partial charge in [-0.3, -0.25) is 0 Å². The smallest absolute Gasteiger partial charge is 0.340 e. The fraction of sp³-hybridized carbons (Fsp3) is 0.333. The van der Waals surface area contributed by atoms with Gasteiger partial charge in [0.05, 0.1) is 19.8 Å². The van der Waals surface area contributed by atoms with E-state index in [0.717, 1.165) is 42.5 Å². The number of thiophene rings is 1. The van der Waals surface area contributed by atoms with Crippen LogP contribution in [-0.2, 0) is 11.3 Å². The van der Waals surface area contributed by atoms with Crippen LogP contribution in [-0.4, -0.2) is 37.5 Å².